The van der Waals surface area contributed by atoms with Crippen LogP contribution in [0.25, 0.3) is 11.4 Å². The number of esters is 1. The van der Waals surface area contributed by atoms with E-state index in [0.717, 1.165) is 5.56 Å². The number of aryl methyl sites for hydroxylation is 1. The van der Waals surface area contributed by atoms with Crippen molar-refractivity contribution in [3.8, 4) is 17.1 Å². The van der Waals surface area contributed by atoms with E-state index in [4.69, 9.17) is 14.0 Å². The minimum Gasteiger partial charge on any atom is -0.497 e. The highest BCUT2D eigenvalue weighted by Crippen LogP contribution is 2.18. The SMILES string of the molecule is COc1cccc(NC(=O)C(C)OC(=O)CCc2nc(-c3ccccc3)no2)c1. The van der Waals surface area contributed by atoms with Gasteiger partial charge in [-0.3, -0.25) is 9.59 Å². The molecule has 0 bridgehead atoms. The topological polar surface area (TPSA) is 104 Å². The molecular formula is C21H21N3O5. The van der Waals surface area contributed by atoms with E-state index in [1.54, 1.807) is 24.3 Å². The van der Waals surface area contributed by atoms with Crippen molar-refractivity contribution in [2.75, 3.05) is 12.4 Å². The molecule has 3 rings (SSSR count). The van der Waals surface area contributed by atoms with Crippen LogP contribution in [-0.2, 0) is 20.7 Å². The molecule has 1 N–H and O–H groups in total. The van der Waals surface area contributed by atoms with Crippen LogP contribution in [0, 0.1) is 0 Å². The third kappa shape index (κ3) is 5.65. The number of nitrogens with zero attached hydrogens (tertiary/aromatic N) is 2. The van der Waals surface area contributed by atoms with Crippen molar-refractivity contribution in [3.05, 3.63) is 60.5 Å². The van der Waals surface area contributed by atoms with Gasteiger partial charge in [0.2, 0.25) is 11.7 Å². The molecule has 0 saturated heterocycles. The van der Waals surface area contributed by atoms with Crippen LogP contribution in [0.2, 0.25) is 0 Å². The fourth-order valence-electron chi connectivity index (χ4n) is 2.52. The summed E-state index contributed by atoms with van der Waals surface area (Å²) in [4.78, 5) is 28.5. The lowest BCUT2D eigenvalue weighted by molar-refractivity contribution is -0.153. The van der Waals surface area contributed by atoms with Crippen LogP contribution in [0.4, 0.5) is 5.69 Å². The number of aromatic nitrogens is 2. The summed E-state index contributed by atoms with van der Waals surface area (Å²) in [5, 5.41) is 6.58. The Hall–Kier alpha value is -3.68. The van der Waals surface area contributed by atoms with Crippen LogP contribution in [0.1, 0.15) is 19.2 Å². The molecule has 8 nitrogen and oxygen atoms in total. The third-order valence-corrected chi connectivity index (χ3v) is 4.06. The van der Waals surface area contributed by atoms with Crippen LogP contribution in [0.5, 0.6) is 5.75 Å². The van der Waals surface area contributed by atoms with Gasteiger partial charge in [0.15, 0.2) is 6.10 Å². The van der Waals surface area contributed by atoms with Gasteiger partial charge >= 0.3 is 5.97 Å². The summed E-state index contributed by atoms with van der Waals surface area (Å²) >= 11 is 0. The number of rotatable bonds is 8. The number of amides is 1. The molecule has 150 valence electrons. The maximum Gasteiger partial charge on any atom is 0.307 e. The number of hydrogen-bond donors (Lipinski definition) is 1. The molecule has 29 heavy (non-hydrogen) atoms. The maximum atomic E-state index is 12.2. The largest absolute Gasteiger partial charge is 0.497 e. The maximum absolute atomic E-state index is 12.2. The number of nitrogens with one attached hydrogen (secondary N) is 1. The molecule has 0 spiro atoms. The summed E-state index contributed by atoms with van der Waals surface area (Å²) in [5.74, 6) is 0.435. The van der Waals surface area contributed by atoms with Gasteiger partial charge < -0.3 is 19.3 Å². The van der Waals surface area contributed by atoms with Crippen molar-refractivity contribution in [1.29, 1.82) is 0 Å². The van der Waals surface area contributed by atoms with E-state index in [-0.39, 0.29) is 12.8 Å². The van der Waals surface area contributed by atoms with Crippen molar-refractivity contribution < 1.29 is 23.6 Å². The molecule has 1 heterocycles. The normalized spacial score (nSPS) is 11.5. The van der Waals surface area contributed by atoms with Crippen molar-refractivity contribution in [2.45, 2.75) is 25.9 Å². The van der Waals surface area contributed by atoms with Crippen LogP contribution >= 0.6 is 0 Å². The zero-order valence-corrected chi connectivity index (χ0v) is 16.1. The standard InChI is InChI=1S/C21H21N3O5/c1-14(21(26)22-16-9-6-10-17(13-16)27-2)28-19(25)12-11-18-23-20(24-29-18)15-7-4-3-5-8-15/h3-10,13-14H,11-12H2,1-2H3,(H,22,26). The summed E-state index contributed by atoms with van der Waals surface area (Å²) < 4.78 is 15.5. The number of hydrogen-bond acceptors (Lipinski definition) is 7. The van der Waals surface area contributed by atoms with Crippen molar-refractivity contribution in [2.24, 2.45) is 0 Å². The summed E-state index contributed by atoms with van der Waals surface area (Å²) in [7, 11) is 1.54. The number of ether oxygens (including phenoxy) is 2. The zero-order chi connectivity index (χ0) is 20.6. The fourth-order valence-corrected chi connectivity index (χ4v) is 2.52. The van der Waals surface area contributed by atoms with Gasteiger partial charge in [-0.1, -0.05) is 41.6 Å². The lowest BCUT2D eigenvalue weighted by Gasteiger charge is -2.13. The predicted molar refractivity (Wildman–Crippen MR) is 105 cm³/mol. The van der Waals surface area contributed by atoms with Crippen LogP contribution in [0.15, 0.2) is 59.1 Å². The highest BCUT2D eigenvalue weighted by atomic mass is 16.5. The second kappa shape index (κ2) is 9.50. The summed E-state index contributed by atoms with van der Waals surface area (Å²) in [5.41, 5.74) is 1.38. The van der Waals surface area contributed by atoms with Gasteiger partial charge in [0.25, 0.3) is 5.91 Å². The van der Waals surface area contributed by atoms with E-state index in [2.05, 4.69) is 15.5 Å². The Morgan fingerprint density at radius 1 is 1.14 bits per heavy atom. The quantitative estimate of drug-likeness (QED) is 0.584. The first-order valence-electron chi connectivity index (χ1n) is 9.07. The van der Waals surface area contributed by atoms with E-state index in [0.29, 0.717) is 23.2 Å². The lowest BCUT2D eigenvalue weighted by atomic mass is 10.2. The number of carbonyl (C=O) groups is 2. The van der Waals surface area contributed by atoms with Crippen LogP contribution < -0.4 is 10.1 Å². The average molecular weight is 395 g/mol. The molecule has 0 aliphatic carbocycles. The Bertz CT molecular complexity index is 971. The molecule has 0 saturated carbocycles. The summed E-state index contributed by atoms with van der Waals surface area (Å²) in [6.07, 6.45) is -0.702. The highest BCUT2D eigenvalue weighted by molar-refractivity contribution is 5.95. The molecule has 2 aromatic carbocycles. The first-order valence-corrected chi connectivity index (χ1v) is 9.07. The van der Waals surface area contributed by atoms with E-state index < -0.39 is 18.0 Å². The van der Waals surface area contributed by atoms with E-state index in [1.165, 1.54) is 14.0 Å². The number of carbonyl (C=O) groups excluding carboxylic acids is 2. The van der Waals surface area contributed by atoms with E-state index in [9.17, 15) is 9.59 Å². The minimum atomic E-state index is -0.948. The highest BCUT2D eigenvalue weighted by Gasteiger charge is 2.19. The number of anilines is 1. The van der Waals surface area contributed by atoms with Gasteiger partial charge in [0.05, 0.1) is 13.5 Å². The minimum absolute atomic E-state index is 0.0210. The molecule has 1 amide bonds. The molecule has 1 unspecified atom stereocenters. The van der Waals surface area contributed by atoms with Gasteiger partial charge in [-0.15, -0.1) is 0 Å². The zero-order valence-electron chi connectivity index (χ0n) is 16.1. The average Bonchev–Trinajstić information content (AvgIpc) is 3.22. The van der Waals surface area contributed by atoms with Crippen molar-refractivity contribution in [3.63, 3.8) is 0 Å². The van der Waals surface area contributed by atoms with E-state index >= 15 is 0 Å². The number of benzene rings is 2. The van der Waals surface area contributed by atoms with Crippen molar-refractivity contribution >= 4 is 17.6 Å². The van der Waals surface area contributed by atoms with Crippen LogP contribution in [-0.4, -0.2) is 35.2 Å². The van der Waals surface area contributed by atoms with Gasteiger partial charge in [0, 0.05) is 23.7 Å². The molecule has 0 aliphatic heterocycles. The lowest BCUT2D eigenvalue weighted by Crippen LogP contribution is -2.30. The number of methoxy groups -OCH3 is 1. The van der Waals surface area contributed by atoms with Crippen LogP contribution in [0.3, 0.4) is 0 Å². The second-order valence-electron chi connectivity index (χ2n) is 6.23. The van der Waals surface area contributed by atoms with E-state index in [1.807, 2.05) is 30.3 Å². The molecule has 1 aromatic heterocycles. The van der Waals surface area contributed by atoms with Gasteiger partial charge in [-0.05, 0) is 19.1 Å². The monoisotopic (exact) mass is 395 g/mol. The first-order chi connectivity index (χ1) is 14.0. The second-order valence-corrected chi connectivity index (χ2v) is 6.23. The molecular weight excluding hydrogens is 374 g/mol. The molecule has 8 heteroatoms. The Morgan fingerprint density at radius 3 is 2.69 bits per heavy atom. The predicted octanol–water partition coefficient (Wildman–Crippen LogP) is 3.25. The fraction of sp³-hybridized carbons (Fsp3) is 0.238. The smallest absolute Gasteiger partial charge is 0.307 e. The van der Waals surface area contributed by atoms with Gasteiger partial charge in [-0.25, -0.2) is 0 Å². The molecule has 0 fully saturated rings. The first kappa shape index (κ1) is 20.1. The van der Waals surface area contributed by atoms with Gasteiger partial charge in [-0.2, -0.15) is 4.98 Å². The molecule has 1 atom stereocenters. The molecule has 3 aromatic rings. The Balaban J connectivity index is 1.47. The third-order valence-electron chi connectivity index (χ3n) is 4.06. The Labute approximate surface area is 167 Å². The molecule has 0 radical (unpaired) electrons. The van der Waals surface area contributed by atoms with Gasteiger partial charge in [0.1, 0.15) is 5.75 Å². The Kier molecular flexibility index (Phi) is 6.57. The summed E-state index contributed by atoms with van der Waals surface area (Å²) in [6.45, 7) is 1.51. The van der Waals surface area contributed by atoms with Crippen molar-refractivity contribution in [1.82, 2.24) is 10.1 Å². The summed E-state index contributed by atoms with van der Waals surface area (Å²) in [6, 6.07) is 16.3. The Morgan fingerprint density at radius 2 is 1.93 bits per heavy atom. The molecule has 0 aliphatic rings.